The first-order valence-corrected chi connectivity index (χ1v) is 8.13. The summed E-state index contributed by atoms with van der Waals surface area (Å²) in [6, 6.07) is 18.9. The summed E-state index contributed by atoms with van der Waals surface area (Å²) in [5.74, 6) is 1.96. The second-order valence-corrected chi connectivity index (χ2v) is 6.10. The van der Waals surface area contributed by atoms with Crippen LogP contribution in [0.3, 0.4) is 0 Å². The van der Waals surface area contributed by atoms with Crippen molar-refractivity contribution in [3.63, 3.8) is 0 Å². The second kappa shape index (κ2) is 6.39. The first-order chi connectivity index (χ1) is 11.4. The van der Waals surface area contributed by atoms with E-state index in [1.54, 1.807) is 0 Å². The lowest BCUT2D eigenvalue weighted by atomic mass is 9.89. The van der Waals surface area contributed by atoms with Crippen LogP contribution in [0.25, 0.3) is 10.8 Å². The number of pyridine rings is 1. The smallest absolute Gasteiger partial charge is 0.127 e. The highest BCUT2D eigenvalue weighted by atomic mass is 16.5. The van der Waals surface area contributed by atoms with Gasteiger partial charge in [0, 0.05) is 48.1 Å². The Bertz CT molecular complexity index is 783. The van der Waals surface area contributed by atoms with E-state index in [1.165, 1.54) is 5.56 Å². The van der Waals surface area contributed by atoms with Crippen molar-refractivity contribution in [2.24, 2.45) is 5.92 Å². The summed E-state index contributed by atoms with van der Waals surface area (Å²) in [4.78, 5) is 4.18. The molecule has 4 rings (SSSR count). The van der Waals surface area contributed by atoms with Crippen molar-refractivity contribution in [3.05, 3.63) is 72.6 Å². The van der Waals surface area contributed by atoms with E-state index in [-0.39, 0.29) is 0 Å². The SMILES string of the molecule is c1ccc([C@H]2CNC[C@@H]2COc2cccc3cnccc23)cc1. The Labute approximate surface area is 136 Å². The molecule has 2 atom stereocenters. The molecule has 1 fully saturated rings. The minimum absolute atomic E-state index is 0.495. The highest BCUT2D eigenvalue weighted by Crippen LogP contribution is 2.30. The highest BCUT2D eigenvalue weighted by Gasteiger charge is 2.28. The molecular formula is C20H20N2O. The molecule has 1 aromatic heterocycles. The van der Waals surface area contributed by atoms with Crippen LogP contribution in [0.15, 0.2) is 67.0 Å². The molecule has 2 aromatic carbocycles. The molecule has 3 aromatic rings. The summed E-state index contributed by atoms with van der Waals surface area (Å²) in [5, 5.41) is 5.75. The van der Waals surface area contributed by atoms with Crippen molar-refractivity contribution in [2.75, 3.05) is 19.7 Å². The van der Waals surface area contributed by atoms with Crippen molar-refractivity contribution in [2.45, 2.75) is 5.92 Å². The second-order valence-electron chi connectivity index (χ2n) is 6.10. The Morgan fingerprint density at radius 1 is 1.00 bits per heavy atom. The summed E-state index contributed by atoms with van der Waals surface area (Å²) in [6.07, 6.45) is 3.70. The fourth-order valence-electron chi connectivity index (χ4n) is 3.41. The number of benzene rings is 2. The molecule has 1 aliphatic heterocycles. The molecule has 116 valence electrons. The maximum Gasteiger partial charge on any atom is 0.127 e. The molecule has 3 nitrogen and oxygen atoms in total. The van der Waals surface area contributed by atoms with E-state index in [0.717, 1.165) is 36.2 Å². The van der Waals surface area contributed by atoms with Crippen LogP contribution in [0.4, 0.5) is 0 Å². The molecule has 2 heterocycles. The van der Waals surface area contributed by atoms with Crippen LogP contribution < -0.4 is 10.1 Å². The average molecular weight is 304 g/mol. The van der Waals surface area contributed by atoms with Gasteiger partial charge >= 0.3 is 0 Å². The summed E-state index contributed by atoms with van der Waals surface area (Å²) >= 11 is 0. The number of nitrogens with one attached hydrogen (secondary N) is 1. The van der Waals surface area contributed by atoms with Crippen molar-refractivity contribution >= 4 is 10.8 Å². The number of hydrogen-bond acceptors (Lipinski definition) is 3. The van der Waals surface area contributed by atoms with E-state index in [4.69, 9.17) is 4.74 Å². The van der Waals surface area contributed by atoms with Gasteiger partial charge in [-0.05, 0) is 17.7 Å². The van der Waals surface area contributed by atoms with Gasteiger partial charge in [0.25, 0.3) is 0 Å². The molecule has 0 saturated carbocycles. The van der Waals surface area contributed by atoms with E-state index in [9.17, 15) is 0 Å². The number of hydrogen-bond donors (Lipinski definition) is 1. The Hall–Kier alpha value is -2.39. The van der Waals surface area contributed by atoms with Crippen molar-refractivity contribution < 1.29 is 4.74 Å². The zero-order valence-corrected chi connectivity index (χ0v) is 13.0. The molecule has 0 radical (unpaired) electrons. The lowest BCUT2D eigenvalue weighted by molar-refractivity contribution is 0.251. The van der Waals surface area contributed by atoms with Gasteiger partial charge in [-0.2, -0.15) is 0 Å². The Balaban J connectivity index is 1.52. The molecular weight excluding hydrogens is 284 g/mol. The van der Waals surface area contributed by atoms with Crippen LogP contribution >= 0.6 is 0 Å². The number of rotatable bonds is 4. The van der Waals surface area contributed by atoms with Gasteiger partial charge in [0.05, 0.1) is 6.61 Å². The molecule has 3 heteroatoms. The topological polar surface area (TPSA) is 34.1 Å². The van der Waals surface area contributed by atoms with Crippen molar-refractivity contribution in [1.82, 2.24) is 10.3 Å². The molecule has 0 spiro atoms. The van der Waals surface area contributed by atoms with Gasteiger partial charge in [-0.3, -0.25) is 4.98 Å². The Kier molecular flexibility index (Phi) is 3.95. The van der Waals surface area contributed by atoms with E-state index in [0.29, 0.717) is 11.8 Å². The predicted molar refractivity (Wildman–Crippen MR) is 92.8 cm³/mol. The molecule has 1 N–H and O–H groups in total. The van der Waals surface area contributed by atoms with Crippen LogP contribution in [-0.2, 0) is 0 Å². The molecule has 1 aliphatic rings. The standard InChI is InChI=1S/C20H20N2O/c1-2-5-15(6-3-1)19-13-22-12-17(19)14-23-20-8-4-7-16-11-21-10-9-18(16)20/h1-11,17,19,22H,12-14H2/t17-,19-/m1/s1. The molecule has 23 heavy (non-hydrogen) atoms. The number of aromatic nitrogens is 1. The minimum Gasteiger partial charge on any atom is -0.493 e. The van der Waals surface area contributed by atoms with Crippen LogP contribution in [0.1, 0.15) is 11.5 Å². The Morgan fingerprint density at radius 2 is 1.91 bits per heavy atom. The van der Waals surface area contributed by atoms with Gasteiger partial charge in [-0.25, -0.2) is 0 Å². The summed E-state index contributed by atoms with van der Waals surface area (Å²) in [5.41, 5.74) is 1.40. The molecule has 0 aliphatic carbocycles. The maximum atomic E-state index is 6.19. The van der Waals surface area contributed by atoms with Crippen LogP contribution in [0.2, 0.25) is 0 Å². The lowest BCUT2D eigenvalue weighted by Gasteiger charge is -2.20. The number of fused-ring (bicyclic) bond motifs is 1. The molecule has 0 unspecified atom stereocenters. The van der Waals surface area contributed by atoms with Gasteiger partial charge in [-0.15, -0.1) is 0 Å². The zero-order valence-electron chi connectivity index (χ0n) is 13.0. The molecule has 0 amide bonds. The molecule has 0 bridgehead atoms. The average Bonchev–Trinajstić information content (AvgIpc) is 3.09. The lowest BCUT2D eigenvalue weighted by Crippen LogP contribution is -2.19. The first-order valence-electron chi connectivity index (χ1n) is 8.13. The zero-order chi connectivity index (χ0) is 15.5. The first kappa shape index (κ1) is 14.2. The summed E-state index contributed by atoms with van der Waals surface area (Å²) in [7, 11) is 0. The Morgan fingerprint density at radius 3 is 2.83 bits per heavy atom. The largest absolute Gasteiger partial charge is 0.493 e. The molecule has 1 saturated heterocycles. The minimum atomic E-state index is 0.495. The van der Waals surface area contributed by atoms with Gasteiger partial charge in [0.15, 0.2) is 0 Å². The van der Waals surface area contributed by atoms with Crippen LogP contribution in [0.5, 0.6) is 5.75 Å². The van der Waals surface area contributed by atoms with E-state index in [2.05, 4.69) is 46.7 Å². The van der Waals surface area contributed by atoms with Crippen molar-refractivity contribution in [3.8, 4) is 5.75 Å². The van der Waals surface area contributed by atoms with E-state index >= 15 is 0 Å². The quantitative estimate of drug-likeness (QED) is 0.799. The third kappa shape index (κ3) is 2.92. The van der Waals surface area contributed by atoms with Gasteiger partial charge in [-0.1, -0.05) is 42.5 Å². The highest BCUT2D eigenvalue weighted by molar-refractivity contribution is 5.87. The maximum absolute atomic E-state index is 6.19. The number of nitrogens with zero attached hydrogens (tertiary/aromatic N) is 1. The predicted octanol–water partition coefficient (Wildman–Crippen LogP) is 3.62. The number of ether oxygens (including phenoxy) is 1. The van der Waals surface area contributed by atoms with E-state index < -0.39 is 0 Å². The van der Waals surface area contributed by atoms with Gasteiger partial charge in [0.1, 0.15) is 5.75 Å². The summed E-state index contributed by atoms with van der Waals surface area (Å²) in [6.45, 7) is 2.76. The monoisotopic (exact) mass is 304 g/mol. The van der Waals surface area contributed by atoms with Crippen LogP contribution in [0, 0.1) is 5.92 Å². The third-order valence-corrected chi connectivity index (χ3v) is 4.66. The van der Waals surface area contributed by atoms with Gasteiger partial charge < -0.3 is 10.1 Å². The van der Waals surface area contributed by atoms with Gasteiger partial charge in [0.2, 0.25) is 0 Å². The normalized spacial score (nSPS) is 20.7. The third-order valence-electron chi connectivity index (χ3n) is 4.66. The van der Waals surface area contributed by atoms with Crippen molar-refractivity contribution in [1.29, 1.82) is 0 Å². The van der Waals surface area contributed by atoms with Crippen LogP contribution in [-0.4, -0.2) is 24.7 Å². The fourth-order valence-corrected chi connectivity index (χ4v) is 3.41. The summed E-state index contributed by atoms with van der Waals surface area (Å²) < 4.78 is 6.19. The fraction of sp³-hybridized carbons (Fsp3) is 0.250. The van der Waals surface area contributed by atoms with E-state index in [1.807, 2.05) is 30.6 Å².